The molecule has 0 aromatic carbocycles. The van der Waals surface area contributed by atoms with E-state index in [1.165, 1.54) is 0 Å². The number of nitrogens with two attached hydrogens (primary N) is 1. The first-order valence-corrected chi connectivity index (χ1v) is 5.92. The highest BCUT2D eigenvalue weighted by molar-refractivity contribution is 5.87. The predicted molar refractivity (Wildman–Crippen MR) is 66.3 cm³/mol. The SMILES string of the molecule is CC(C)(N)C(=O)NC1CC(=O)N(C(C)(C)C)C1. The highest BCUT2D eigenvalue weighted by Crippen LogP contribution is 2.22. The third-order valence-corrected chi connectivity index (χ3v) is 2.86. The number of likely N-dealkylation sites (tertiary alicyclic amines) is 1. The Bertz CT molecular complexity index is 326. The second-order valence-electron chi connectivity index (χ2n) is 6.27. The Hall–Kier alpha value is -1.10. The molecule has 5 heteroatoms. The lowest BCUT2D eigenvalue weighted by atomic mass is 10.1. The minimum Gasteiger partial charge on any atom is -0.349 e. The third kappa shape index (κ3) is 3.43. The number of hydrogen-bond acceptors (Lipinski definition) is 3. The topological polar surface area (TPSA) is 75.4 Å². The molecule has 1 atom stereocenters. The summed E-state index contributed by atoms with van der Waals surface area (Å²) >= 11 is 0. The molecule has 17 heavy (non-hydrogen) atoms. The molecule has 0 radical (unpaired) electrons. The molecule has 1 fully saturated rings. The Morgan fingerprint density at radius 3 is 2.24 bits per heavy atom. The molecule has 0 bridgehead atoms. The average molecular weight is 241 g/mol. The molecule has 1 aliphatic heterocycles. The maximum atomic E-state index is 11.8. The van der Waals surface area contributed by atoms with Gasteiger partial charge in [-0.3, -0.25) is 9.59 Å². The predicted octanol–water partition coefficient (Wildman–Crippen LogP) is 0.239. The van der Waals surface area contributed by atoms with Crippen LogP contribution in [-0.2, 0) is 9.59 Å². The van der Waals surface area contributed by atoms with Gasteiger partial charge >= 0.3 is 0 Å². The lowest BCUT2D eigenvalue weighted by molar-refractivity contribution is -0.131. The number of nitrogens with zero attached hydrogens (tertiary/aromatic N) is 1. The van der Waals surface area contributed by atoms with Crippen molar-refractivity contribution in [3.05, 3.63) is 0 Å². The van der Waals surface area contributed by atoms with Gasteiger partial charge in [0.1, 0.15) is 0 Å². The highest BCUT2D eigenvalue weighted by atomic mass is 16.2. The van der Waals surface area contributed by atoms with Crippen molar-refractivity contribution < 1.29 is 9.59 Å². The van der Waals surface area contributed by atoms with E-state index in [9.17, 15) is 9.59 Å². The number of carbonyl (C=O) groups excluding carboxylic acids is 2. The van der Waals surface area contributed by atoms with Gasteiger partial charge in [-0.05, 0) is 34.6 Å². The summed E-state index contributed by atoms with van der Waals surface area (Å²) in [6.07, 6.45) is 0.360. The van der Waals surface area contributed by atoms with Crippen molar-refractivity contribution in [3.63, 3.8) is 0 Å². The molecule has 1 aliphatic rings. The standard InChI is InChI=1S/C12H23N3O2/c1-11(2,3)15-7-8(6-9(15)16)14-10(17)12(4,5)13/h8H,6-7,13H2,1-5H3,(H,14,17). The molecule has 2 amide bonds. The second-order valence-corrected chi connectivity index (χ2v) is 6.27. The smallest absolute Gasteiger partial charge is 0.239 e. The van der Waals surface area contributed by atoms with E-state index in [0.717, 1.165) is 0 Å². The largest absolute Gasteiger partial charge is 0.349 e. The molecule has 1 heterocycles. The first kappa shape index (κ1) is 14.0. The van der Waals surface area contributed by atoms with Crippen LogP contribution in [0.2, 0.25) is 0 Å². The third-order valence-electron chi connectivity index (χ3n) is 2.86. The lowest BCUT2D eigenvalue weighted by Crippen LogP contribution is -2.53. The lowest BCUT2D eigenvalue weighted by Gasteiger charge is -2.32. The van der Waals surface area contributed by atoms with Crippen molar-refractivity contribution in [3.8, 4) is 0 Å². The summed E-state index contributed by atoms with van der Waals surface area (Å²) in [4.78, 5) is 25.3. The molecule has 0 spiro atoms. The number of carbonyl (C=O) groups is 2. The van der Waals surface area contributed by atoms with E-state index in [0.29, 0.717) is 13.0 Å². The fourth-order valence-electron chi connectivity index (χ4n) is 1.82. The second kappa shape index (κ2) is 4.29. The van der Waals surface area contributed by atoms with E-state index in [2.05, 4.69) is 5.32 Å². The van der Waals surface area contributed by atoms with E-state index >= 15 is 0 Å². The number of amides is 2. The minimum atomic E-state index is -0.905. The highest BCUT2D eigenvalue weighted by Gasteiger charge is 2.37. The van der Waals surface area contributed by atoms with Crippen LogP contribution in [0.3, 0.4) is 0 Å². The summed E-state index contributed by atoms with van der Waals surface area (Å²) in [5.74, 6) is -0.135. The normalized spacial score (nSPS) is 21.9. The van der Waals surface area contributed by atoms with Crippen molar-refractivity contribution in [2.45, 2.75) is 58.2 Å². The van der Waals surface area contributed by atoms with Crippen LogP contribution in [0.5, 0.6) is 0 Å². The molecule has 1 unspecified atom stereocenters. The van der Waals surface area contributed by atoms with Gasteiger partial charge in [-0.25, -0.2) is 0 Å². The zero-order valence-corrected chi connectivity index (χ0v) is 11.3. The fraction of sp³-hybridized carbons (Fsp3) is 0.833. The van der Waals surface area contributed by atoms with Crippen LogP contribution in [0.1, 0.15) is 41.0 Å². The molecule has 0 saturated carbocycles. The van der Waals surface area contributed by atoms with Gasteiger partial charge in [0.25, 0.3) is 0 Å². The molecule has 1 saturated heterocycles. The zero-order chi connectivity index (χ0) is 13.4. The Morgan fingerprint density at radius 2 is 1.88 bits per heavy atom. The zero-order valence-electron chi connectivity index (χ0n) is 11.3. The summed E-state index contributed by atoms with van der Waals surface area (Å²) in [5.41, 5.74) is 4.60. The van der Waals surface area contributed by atoms with Crippen LogP contribution < -0.4 is 11.1 Å². The fourth-order valence-corrected chi connectivity index (χ4v) is 1.82. The van der Waals surface area contributed by atoms with Gasteiger partial charge in [0.2, 0.25) is 11.8 Å². The maximum Gasteiger partial charge on any atom is 0.239 e. The van der Waals surface area contributed by atoms with Gasteiger partial charge in [-0.2, -0.15) is 0 Å². The summed E-state index contributed by atoms with van der Waals surface area (Å²) in [6, 6.07) is -0.128. The van der Waals surface area contributed by atoms with Gasteiger partial charge in [0.05, 0.1) is 11.6 Å². The summed E-state index contributed by atoms with van der Waals surface area (Å²) in [5, 5.41) is 2.82. The maximum absolute atomic E-state index is 11.8. The Kier molecular flexibility index (Phi) is 3.52. The van der Waals surface area contributed by atoms with Crippen LogP contribution in [0.4, 0.5) is 0 Å². The van der Waals surface area contributed by atoms with Crippen LogP contribution in [0.25, 0.3) is 0 Å². The monoisotopic (exact) mass is 241 g/mol. The molecule has 0 aromatic heterocycles. The Labute approximate surface area is 103 Å². The van der Waals surface area contributed by atoms with Gasteiger partial charge in [-0.1, -0.05) is 0 Å². The van der Waals surface area contributed by atoms with E-state index in [-0.39, 0.29) is 23.4 Å². The van der Waals surface area contributed by atoms with Gasteiger partial charge in [-0.15, -0.1) is 0 Å². The van der Waals surface area contributed by atoms with E-state index in [1.54, 1.807) is 18.7 Å². The molecule has 1 rings (SSSR count). The average Bonchev–Trinajstić information content (AvgIpc) is 2.44. The Morgan fingerprint density at radius 1 is 1.35 bits per heavy atom. The van der Waals surface area contributed by atoms with Crippen LogP contribution in [0.15, 0.2) is 0 Å². The summed E-state index contributed by atoms with van der Waals surface area (Å²) in [7, 11) is 0. The van der Waals surface area contributed by atoms with Crippen LogP contribution in [-0.4, -0.2) is 40.4 Å². The first-order chi connectivity index (χ1) is 7.51. The number of hydrogen-bond donors (Lipinski definition) is 2. The van der Waals surface area contributed by atoms with Crippen LogP contribution in [0, 0.1) is 0 Å². The molecule has 5 nitrogen and oxygen atoms in total. The molecule has 0 aliphatic carbocycles. The van der Waals surface area contributed by atoms with E-state index in [1.807, 2.05) is 20.8 Å². The summed E-state index contributed by atoms with van der Waals surface area (Å²) in [6.45, 7) is 9.83. The number of rotatable bonds is 2. The molecular weight excluding hydrogens is 218 g/mol. The van der Waals surface area contributed by atoms with Crippen molar-refractivity contribution >= 4 is 11.8 Å². The van der Waals surface area contributed by atoms with Gasteiger partial charge in [0, 0.05) is 18.5 Å². The Balaban J connectivity index is 2.62. The summed E-state index contributed by atoms with van der Waals surface area (Å²) < 4.78 is 0. The minimum absolute atomic E-state index is 0.0811. The van der Waals surface area contributed by atoms with Crippen LogP contribution >= 0.6 is 0 Å². The molecule has 0 aromatic rings. The molecular formula is C12H23N3O2. The number of nitrogens with one attached hydrogen (secondary N) is 1. The first-order valence-electron chi connectivity index (χ1n) is 5.92. The van der Waals surface area contributed by atoms with Crippen molar-refractivity contribution in [2.75, 3.05) is 6.54 Å². The van der Waals surface area contributed by atoms with Crippen molar-refractivity contribution in [1.29, 1.82) is 0 Å². The molecule has 98 valence electrons. The van der Waals surface area contributed by atoms with Crippen molar-refractivity contribution in [1.82, 2.24) is 10.2 Å². The van der Waals surface area contributed by atoms with Gasteiger partial charge < -0.3 is 16.0 Å². The van der Waals surface area contributed by atoms with Gasteiger partial charge in [0.15, 0.2) is 0 Å². The van der Waals surface area contributed by atoms with Crippen molar-refractivity contribution in [2.24, 2.45) is 5.73 Å². The quantitative estimate of drug-likeness (QED) is 0.727. The van der Waals surface area contributed by atoms with E-state index in [4.69, 9.17) is 5.73 Å². The molecule has 3 N–H and O–H groups in total. The van der Waals surface area contributed by atoms with E-state index < -0.39 is 5.54 Å².